The Morgan fingerprint density at radius 3 is 2.64 bits per heavy atom. The van der Waals surface area contributed by atoms with Crippen molar-refractivity contribution in [3.8, 4) is 0 Å². The minimum absolute atomic E-state index is 0.132. The zero-order chi connectivity index (χ0) is 35.1. The fourth-order valence-electron chi connectivity index (χ4n) is 10.3. The van der Waals surface area contributed by atoms with Crippen LogP contribution in [0.1, 0.15) is 57.8 Å². The lowest BCUT2D eigenvalue weighted by Gasteiger charge is -2.48. The first-order valence-electron chi connectivity index (χ1n) is 20.5. The Kier molecular flexibility index (Phi) is 9.82. The highest BCUT2D eigenvalue weighted by Gasteiger charge is 2.40. The monoisotopic (exact) mass is 720 g/mol. The van der Waals surface area contributed by atoms with E-state index in [1.54, 1.807) is 0 Å². The number of fused-ring (bicyclic) bond motifs is 4. The van der Waals surface area contributed by atoms with E-state index in [1.807, 2.05) is 0 Å². The highest BCUT2D eigenvalue weighted by molar-refractivity contribution is 5.36. The van der Waals surface area contributed by atoms with Crippen LogP contribution in [0.3, 0.4) is 0 Å². The van der Waals surface area contributed by atoms with Gasteiger partial charge in [0, 0.05) is 67.1 Å². The summed E-state index contributed by atoms with van der Waals surface area (Å²) in [4.78, 5) is 9.94. The lowest BCUT2D eigenvalue weighted by Crippen LogP contribution is -2.54. The first kappa shape index (κ1) is 34.3. The van der Waals surface area contributed by atoms with Gasteiger partial charge >= 0.3 is 0 Å². The third-order valence-corrected chi connectivity index (χ3v) is 13.4. The average molecular weight is 721 g/mol. The van der Waals surface area contributed by atoms with E-state index in [0.717, 1.165) is 83.6 Å². The molecule has 9 unspecified atom stereocenters. The maximum absolute atomic E-state index is 6.66. The van der Waals surface area contributed by atoms with E-state index in [1.165, 1.54) is 35.4 Å². The molecule has 0 N–H and O–H groups in total. The van der Waals surface area contributed by atoms with Gasteiger partial charge in [0.2, 0.25) is 0 Å². The zero-order valence-corrected chi connectivity index (χ0v) is 31.1. The normalized spacial score (nSPS) is 38.6. The minimum atomic E-state index is 0.132. The van der Waals surface area contributed by atoms with Crippen molar-refractivity contribution in [1.29, 1.82) is 0 Å². The van der Waals surface area contributed by atoms with E-state index in [-0.39, 0.29) is 24.4 Å². The lowest BCUT2D eigenvalue weighted by atomic mass is 9.80. The Hall–Kier alpha value is -3.18. The van der Waals surface area contributed by atoms with Gasteiger partial charge in [-0.25, -0.2) is 0 Å². The van der Waals surface area contributed by atoms with Crippen molar-refractivity contribution < 1.29 is 23.7 Å². The number of ether oxygens (including phenoxy) is 5. The van der Waals surface area contributed by atoms with E-state index in [2.05, 4.69) is 98.6 Å². The van der Waals surface area contributed by atoms with Crippen LogP contribution >= 0.6 is 0 Å². The number of nitrogens with zero attached hydrogens (tertiary/aromatic N) is 4. The van der Waals surface area contributed by atoms with Crippen molar-refractivity contribution in [1.82, 2.24) is 19.6 Å². The van der Waals surface area contributed by atoms with Crippen LogP contribution in [0.2, 0.25) is 0 Å². The molecule has 4 heterocycles. The van der Waals surface area contributed by atoms with Gasteiger partial charge in [0.25, 0.3) is 0 Å². The minimum Gasteiger partial charge on any atom is -0.473 e. The highest BCUT2D eigenvalue weighted by Crippen LogP contribution is 2.38. The van der Waals surface area contributed by atoms with Crippen molar-refractivity contribution in [2.24, 2.45) is 11.8 Å². The van der Waals surface area contributed by atoms with E-state index in [4.69, 9.17) is 23.7 Å². The summed E-state index contributed by atoms with van der Waals surface area (Å²) in [6, 6.07) is 0.925. The predicted octanol–water partition coefficient (Wildman–Crippen LogP) is 6.30. The van der Waals surface area contributed by atoms with E-state index in [0.29, 0.717) is 50.2 Å². The summed E-state index contributed by atoms with van der Waals surface area (Å²) < 4.78 is 31.9. The van der Waals surface area contributed by atoms with E-state index in [9.17, 15) is 0 Å². The predicted molar refractivity (Wildman–Crippen MR) is 204 cm³/mol. The second-order valence-corrected chi connectivity index (χ2v) is 16.7. The van der Waals surface area contributed by atoms with Crippen LogP contribution in [0.5, 0.6) is 0 Å². The van der Waals surface area contributed by atoms with Gasteiger partial charge in [-0.15, -0.1) is 0 Å². The highest BCUT2D eigenvalue weighted by atomic mass is 16.5. The van der Waals surface area contributed by atoms with Crippen molar-refractivity contribution in [3.05, 3.63) is 107 Å². The third-order valence-electron chi connectivity index (χ3n) is 13.4. The van der Waals surface area contributed by atoms with Crippen LogP contribution in [0.15, 0.2) is 107 Å². The number of hydrogen-bond acceptors (Lipinski definition) is 9. The summed E-state index contributed by atoms with van der Waals surface area (Å²) in [5.41, 5.74) is 5.39. The Balaban J connectivity index is 0.689. The summed E-state index contributed by atoms with van der Waals surface area (Å²) in [5, 5.41) is 0. The summed E-state index contributed by atoms with van der Waals surface area (Å²) >= 11 is 0. The van der Waals surface area contributed by atoms with Crippen LogP contribution in [0, 0.1) is 11.8 Å². The average Bonchev–Trinajstić information content (AvgIpc) is 3.23. The Morgan fingerprint density at radius 1 is 0.755 bits per heavy atom. The van der Waals surface area contributed by atoms with Crippen LogP contribution in [0.4, 0.5) is 0 Å². The fraction of sp³-hybridized carbons (Fsp3) is 0.591. The molecule has 0 aromatic heterocycles. The molecule has 282 valence electrons. The van der Waals surface area contributed by atoms with Crippen LogP contribution in [0.25, 0.3) is 0 Å². The van der Waals surface area contributed by atoms with Crippen molar-refractivity contribution in [2.75, 3.05) is 53.1 Å². The van der Waals surface area contributed by atoms with Gasteiger partial charge in [0.15, 0.2) is 6.73 Å². The van der Waals surface area contributed by atoms with Crippen LogP contribution in [-0.4, -0.2) is 115 Å². The summed E-state index contributed by atoms with van der Waals surface area (Å²) in [6.45, 7) is 6.82. The second kappa shape index (κ2) is 15.2. The molecule has 0 aromatic carbocycles. The molecule has 1 saturated carbocycles. The molecule has 6 aliphatic carbocycles. The molecule has 9 heteroatoms. The first-order valence-corrected chi connectivity index (χ1v) is 20.5. The van der Waals surface area contributed by atoms with Gasteiger partial charge in [0.1, 0.15) is 26.0 Å². The second-order valence-electron chi connectivity index (χ2n) is 16.7. The van der Waals surface area contributed by atoms with Crippen LogP contribution in [-0.2, 0) is 23.7 Å². The number of rotatable bonds is 6. The molecule has 53 heavy (non-hydrogen) atoms. The van der Waals surface area contributed by atoms with Gasteiger partial charge in [-0.2, -0.15) is 0 Å². The number of allylic oxidation sites excluding steroid dienone is 6. The molecular formula is C44H56N4O5. The molecule has 10 rings (SSSR count). The Bertz CT molecular complexity index is 1670. The fourth-order valence-corrected chi connectivity index (χ4v) is 10.3. The van der Waals surface area contributed by atoms with Crippen molar-refractivity contribution in [2.45, 2.75) is 100 Å². The summed E-state index contributed by atoms with van der Waals surface area (Å²) in [7, 11) is 0. The van der Waals surface area contributed by atoms with Crippen molar-refractivity contribution >= 4 is 0 Å². The first-order chi connectivity index (χ1) is 26.2. The largest absolute Gasteiger partial charge is 0.473 e. The maximum Gasteiger partial charge on any atom is 0.161 e. The van der Waals surface area contributed by atoms with Crippen molar-refractivity contribution in [3.63, 3.8) is 0 Å². The zero-order valence-electron chi connectivity index (χ0n) is 31.1. The summed E-state index contributed by atoms with van der Waals surface area (Å²) in [5.74, 6) is 2.11. The maximum atomic E-state index is 6.66. The number of hydrogen-bond donors (Lipinski definition) is 0. The quantitative estimate of drug-likeness (QED) is 0.315. The van der Waals surface area contributed by atoms with Gasteiger partial charge in [-0.3, -0.25) is 9.80 Å². The Labute approximate surface area is 315 Å². The smallest absolute Gasteiger partial charge is 0.161 e. The molecule has 9 atom stereocenters. The molecule has 0 aromatic rings. The topological polar surface area (TPSA) is 59.1 Å². The molecule has 4 saturated heterocycles. The molecule has 0 spiro atoms. The molecule has 0 bridgehead atoms. The van der Waals surface area contributed by atoms with Gasteiger partial charge < -0.3 is 33.5 Å². The molecule has 0 amide bonds. The molecular weight excluding hydrogens is 665 g/mol. The third kappa shape index (κ3) is 7.33. The summed E-state index contributed by atoms with van der Waals surface area (Å²) in [6.07, 6.45) is 40.3. The van der Waals surface area contributed by atoms with E-state index < -0.39 is 0 Å². The SMILES string of the molecule is C1=CCC2OCN(C3C=C4CN(C5=CCC(OC6C=CC(N7COC8CCC(N9COC%10C=CC=CC%10C9)CC8C7)=CC6)CC5)COC4=CC3)CC2=C1. The molecule has 0 radical (unpaired) electrons. The molecule has 10 aliphatic rings. The molecule has 9 nitrogen and oxygen atoms in total. The van der Waals surface area contributed by atoms with Gasteiger partial charge in [-0.05, 0) is 75.5 Å². The molecule has 4 aliphatic heterocycles. The van der Waals surface area contributed by atoms with Crippen LogP contribution < -0.4 is 0 Å². The van der Waals surface area contributed by atoms with Gasteiger partial charge in [0.05, 0.1) is 30.5 Å². The van der Waals surface area contributed by atoms with E-state index >= 15 is 0 Å². The lowest BCUT2D eigenvalue weighted by molar-refractivity contribution is -0.137. The van der Waals surface area contributed by atoms with Gasteiger partial charge in [-0.1, -0.05) is 66.8 Å². The standard InChI is InChI=1S/C44H56N4O5/c1-3-7-41-31(5-1)23-47(29-49-41)37-13-19-43-33(21-37)25-45(27-51-43)35-9-15-39(16-10-35)53-40-17-11-36(12-18-40)46-26-34-22-38(14-20-44(34)52-28-46)48-24-32-6-2-4-8-42(32)50-30-48/h1-7,9-11,15,20,22,31,33,37-43H,8,12-14,16-19,21,23-30H2. The Morgan fingerprint density at radius 2 is 1.72 bits per heavy atom. The molecule has 5 fully saturated rings.